The van der Waals surface area contributed by atoms with Gasteiger partial charge in [-0.3, -0.25) is 4.79 Å². The number of piperidine rings is 1. The van der Waals surface area contributed by atoms with Crippen LogP contribution >= 0.6 is 0 Å². The number of carbonyl (C=O) groups is 1. The minimum Gasteiger partial charge on any atom is -0.356 e. The highest BCUT2D eigenvalue weighted by Gasteiger charge is 2.55. The van der Waals surface area contributed by atoms with E-state index in [9.17, 15) is 4.79 Å². The van der Waals surface area contributed by atoms with Gasteiger partial charge in [0.05, 0.1) is 5.39 Å². The van der Waals surface area contributed by atoms with Crippen LogP contribution in [0.4, 0.5) is 5.82 Å². The highest BCUT2D eigenvalue weighted by atomic mass is 16.1. The first kappa shape index (κ1) is 16.1. The number of rotatable bonds is 4. The molecule has 1 atom stereocenters. The van der Waals surface area contributed by atoms with Gasteiger partial charge in [0.25, 0.3) is 0 Å². The predicted molar refractivity (Wildman–Crippen MR) is 101 cm³/mol. The lowest BCUT2D eigenvalue weighted by Gasteiger charge is -2.39. The summed E-state index contributed by atoms with van der Waals surface area (Å²) < 4.78 is 0. The van der Waals surface area contributed by atoms with Gasteiger partial charge in [0.15, 0.2) is 0 Å². The summed E-state index contributed by atoms with van der Waals surface area (Å²) in [6.45, 7) is 2.71. The Hall–Kier alpha value is -2.11. The van der Waals surface area contributed by atoms with Gasteiger partial charge in [-0.25, -0.2) is 9.97 Å². The molecule has 6 heteroatoms. The molecule has 6 nitrogen and oxygen atoms in total. The Balaban J connectivity index is 1.28. The van der Waals surface area contributed by atoms with Crippen LogP contribution < -0.4 is 10.2 Å². The van der Waals surface area contributed by atoms with Crippen LogP contribution in [0.5, 0.6) is 0 Å². The smallest absolute Gasteiger partial charge is 0.223 e. The molecule has 1 unspecified atom stereocenters. The maximum Gasteiger partial charge on any atom is 0.223 e. The zero-order valence-electron chi connectivity index (χ0n) is 15.2. The van der Waals surface area contributed by atoms with E-state index in [1.165, 1.54) is 25.7 Å². The predicted octanol–water partition coefficient (Wildman–Crippen LogP) is 2.87. The van der Waals surface area contributed by atoms with Crippen LogP contribution in [0.2, 0.25) is 0 Å². The maximum absolute atomic E-state index is 12.9. The van der Waals surface area contributed by atoms with E-state index in [-0.39, 0.29) is 11.3 Å². The number of aromatic nitrogens is 3. The first-order valence-corrected chi connectivity index (χ1v) is 10.1. The van der Waals surface area contributed by atoms with Gasteiger partial charge in [-0.15, -0.1) is 0 Å². The SMILES string of the molecule is O=C(NCC1CCCC1)C1CCN(c2ncnc3[nH]ccc23)CC12CC2. The van der Waals surface area contributed by atoms with Crippen LogP contribution in [0.1, 0.15) is 44.9 Å². The summed E-state index contributed by atoms with van der Waals surface area (Å²) in [5.74, 6) is 2.18. The van der Waals surface area contributed by atoms with Crippen LogP contribution in [0, 0.1) is 17.3 Å². The third-order valence-electron chi connectivity index (χ3n) is 6.81. The number of nitrogens with zero attached hydrogens (tertiary/aromatic N) is 3. The molecular weight excluding hydrogens is 326 g/mol. The second-order valence-corrected chi connectivity index (χ2v) is 8.46. The van der Waals surface area contributed by atoms with E-state index in [0.29, 0.717) is 11.8 Å². The van der Waals surface area contributed by atoms with Gasteiger partial charge in [0.1, 0.15) is 17.8 Å². The molecule has 138 valence electrons. The molecule has 2 aromatic heterocycles. The monoisotopic (exact) mass is 353 g/mol. The molecule has 3 aliphatic rings. The van der Waals surface area contributed by atoms with Crippen molar-refractivity contribution in [2.75, 3.05) is 24.5 Å². The van der Waals surface area contributed by atoms with Crippen molar-refractivity contribution in [1.82, 2.24) is 20.3 Å². The number of nitrogens with one attached hydrogen (secondary N) is 2. The van der Waals surface area contributed by atoms with Crippen LogP contribution in [-0.4, -0.2) is 40.5 Å². The lowest BCUT2D eigenvalue weighted by Crippen LogP contribution is -2.48. The quantitative estimate of drug-likeness (QED) is 0.886. The second kappa shape index (κ2) is 6.25. The minimum atomic E-state index is 0.158. The number of fused-ring (bicyclic) bond motifs is 1. The van der Waals surface area contributed by atoms with E-state index in [0.717, 1.165) is 55.7 Å². The summed E-state index contributed by atoms with van der Waals surface area (Å²) in [7, 11) is 0. The van der Waals surface area contributed by atoms with E-state index >= 15 is 0 Å². The first-order chi connectivity index (χ1) is 12.8. The summed E-state index contributed by atoms with van der Waals surface area (Å²) >= 11 is 0. The normalized spacial score (nSPS) is 25.1. The fourth-order valence-corrected chi connectivity index (χ4v) is 5.11. The van der Waals surface area contributed by atoms with Crippen molar-refractivity contribution in [1.29, 1.82) is 0 Å². The molecule has 2 aliphatic carbocycles. The molecular formula is C20H27N5O. The van der Waals surface area contributed by atoms with Gasteiger partial charge < -0.3 is 15.2 Å². The number of hydrogen-bond donors (Lipinski definition) is 2. The summed E-state index contributed by atoms with van der Waals surface area (Å²) in [4.78, 5) is 27.2. The molecule has 1 aliphatic heterocycles. The Morgan fingerprint density at radius 2 is 2.12 bits per heavy atom. The molecule has 5 rings (SSSR count). The Kier molecular flexibility index (Phi) is 3.87. The fourth-order valence-electron chi connectivity index (χ4n) is 5.11. The standard InChI is InChI=1S/C20H27N5O/c26-19(22-11-14-3-1-2-4-14)16-6-10-25(12-20(16)7-8-20)18-15-5-9-21-17(15)23-13-24-18/h5,9,13-14,16H,1-4,6-8,10-12H2,(H,22,26)(H,21,23,24). The molecule has 0 radical (unpaired) electrons. The Labute approximate surface area is 153 Å². The molecule has 0 aromatic carbocycles. The number of anilines is 1. The molecule has 2 N–H and O–H groups in total. The van der Waals surface area contributed by atoms with Crippen molar-refractivity contribution in [2.24, 2.45) is 17.3 Å². The summed E-state index contributed by atoms with van der Waals surface area (Å²) in [6.07, 6.45) is 12.0. The molecule has 1 spiro atoms. The summed E-state index contributed by atoms with van der Waals surface area (Å²) in [5, 5.41) is 4.36. The topological polar surface area (TPSA) is 73.9 Å². The fraction of sp³-hybridized carbons (Fsp3) is 0.650. The molecule has 1 amide bonds. The lowest BCUT2D eigenvalue weighted by molar-refractivity contribution is -0.128. The van der Waals surface area contributed by atoms with E-state index in [2.05, 4.69) is 25.2 Å². The minimum absolute atomic E-state index is 0.158. The second-order valence-electron chi connectivity index (χ2n) is 8.46. The number of H-pyrrole nitrogens is 1. The van der Waals surface area contributed by atoms with Gasteiger partial charge in [-0.2, -0.15) is 0 Å². The molecule has 0 bridgehead atoms. The van der Waals surface area contributed by atoms with Gasteiger partial charge >= 0.3 is 0 Å². The number of aromatic amines is 1. The van der Waals surface area contributed by atoms with Crippen LogP contribution in [0.15, 0.2) is 18.6 Å². The maximum atomic E-state index is 12.9. The van der Waals surface area contributed by atoms with Gasteiger partial charge in [-0.05, 0) is 49.5 Å². The Bertz CT molecular complexity index is 805. The molecule has 26 heavy (non-hydrogen) atoms. The van der Waals surface area contributed by atoms with Crippen molar-refractivity contribution < 1.29 is 4.79 Å². The highest BCUT2D eigenvalue weighted by Crippen LogP contribution is 2.56. The molecule has 2 aromatic rings. The average molecular weight is 353 g/mol. The van der Waals surface area contributed by atoms with E-state index < -0.39 is 0 Å². The van der Waals surface area contributed by atoms with E-state index in [1.807, 2.05) is 12.3 Å². The largest absolute Gasteiger partial charge is 0.356 e. The third kappa shape index (κ3) is 2.75. The number of amides is 1. The average Bonchev–Trinajstić information content (AvgIpc) is 3.08. The van der Waals surface area contributed by atoms with Crippen LogP contribution in [-0.2, 0) is 4.79 Å². The molecule has 1 saturated heterocycles. The van der Waals surface area contributed by atoms with Crippen molar-refractivity contribution in [3.8, 4) is 0 Å². The summed E-state index contributed by atoms with van der Waals surface area (Å²) in [5.41, 5.74) is 1.04. The van der Waals surface area contributed by atoms with Gasteiger partial charge in [0, 0.05) is 31.7 Å². The van der Waals surface area contributed by atoms with Crippen LogP contribution in [0.3, 0.4) is 0 Å². The third-order valence-corrected chi connectivity index (χ3v) is 6.81. The van der Waals surface area contributed by atoms with Crippen molar-refractivity contribution >= 4 is 22.8 Å². The zero-order valence-corrected chi connectivity index (χ0v) is 15.2. The van der Waals surface area contributed by atoms with E-state index in [4.69, 9.17) is 0 Å². The molecule has 3 heterocycles. The van der Waals surface area contributed by atoms with Gasteiger partial charge in [-0.1, -0.05) is 12.8 Å². The first-order valence-electron chi connectivity index (χ1n) is 10.1. The van der Waals surface area contributed by atoms with Crippen molar-refractivity contribution in [2.45, 2.75) is 44.9 Å². The van der Waals surface area contributed by atoms with Crippen molar-refractivity contribution in [3.63, 3.8) is 0 Å². The number of hydrogen-bond acceptors (Lipinski definition) is 4. The molecule has 2 saturated carbocycles. The number of carbonyl (C=O) groups excluding carboxylic acids is 1. The molecule has 3 fully saturated rings. The summed E-state index contributed by atoms with van der Waals surface area (Å²) in [6, 6.07) is 2.05. The lowest BCUT2D eigenvalue weighted by atomic mass is 9.81. The zero-order chi connectivity index (χ0) is 17.6. The Morgan fingerprint density at radius 3 is 2.92 bits per heavy atom. The van der Waals surface area contributed by atoms with Gasteiger partial charge in [0.2, 0.25) is 5.91 Å². The van der Waals surface area contributed by atoms with E-state index in [1.54, 1.807) is 6.33 Å². The van der Waals surface area contributed by atoms with Crippen molar-refractivity contribution in [3.05, 3.63) is 18.6 Å². The highest BCUT2D eigenvalue weighted by molar-refractivity contribution is 5.87. The Morgan fingerprint density at radius 1 is 1.27 bits per heavy atom. The van der Waals surface area contributed by atoms with Crippen LogP contribution in [0.25, 0.3) is 11.0 Å².